The first kappa shape index (κ1) is 15.5. The van der Waals surface area contributed by atoms with Crippen molar-refractivity contribution in [2.75, 3.05) is 13.2 Å². The SMILES string of the molecule is Clc1ccc(C(Br)c2cc3c(cc2Cl)OCCO3)c(Br)c1. The van der Waals surface area contributed by atoms with E-state index < -0.39 is 0 Å². The van der Waals surface area contributed by atoms with Crippen LogP contribution in [0.5, 0.6) is 11.5 Å². The minimum Gasteiger partial charge on any atom is -0.486 e. The van der Waals surface area contributed by atoms with E-state index in [1.165, 1.54) is 0 Å². The third-order valence-electron chi connectivity index (χ3n) is 3.17. The van der Waals surface area contributed by atoms with Crippen molar-refractivity contribution in [1.29, 1.82) is 0 Å². The van der Waals surface area contributed by atoms with E-state index in [2.05, 4.69) is 31.9 Å². The lowest BCUT2D eigenvalue weighted by molar-refractivity contribution is 0.171. The van der Waals surface area contributed by atoms with Crippen LogP contribution in [-0.2, 0) is 0 Å². The molecule has 6 heteroatoms. The van der Waals surface area contributed by atoms with E-state index in [0.717, 1.165) is 21.3 Å². The Labute approximate surface area is 149 Å². The lowest BCUT2D eigenvalue weighted by atomic mass is 10.0. The molecule has 2 nitrogen and oxygen atoms in total. The van der Waals surface area contributed by atoms with Crippen LogP contribution in [0.4, 0.5) is 0 Å². The van der Waals surface area contributed by atoms with Crippen molar-refractivity contribution in [2.24, 2.45) is 0 Å². The molecule has 1 aliphatic rings. The summed E-state index contributed by atoms with van der Waals surface area (Å²) in [6.45, 7) is 1.09. The van der Waals surface area contributed by atoms with Gasteiger partial charge >= 0.3 is 0 Å². The monoisotopic (exact) mass is 450 g/mol. The van der Waals surface area contributed by atoms with Crippen LogP contribution in [0.3, 0.4) is 0 Å². The minimum absolute atomic E-state index is 0.0764. The van der Waals surface area contributed by atoms with Gasteiger partial charge in [-0.05, 0) is 29.3 Å². The molecular weight excluding hydrogens is 443 g/mol. The van der Waals surface area contributed by atoms with Crippen LogP contribution in [0.15, 0.2) is 34.8 Å². The Bertz CT molecular complexity index is 692. The number of rotatable bonds is 2. The summed E-state index contributed by atoms with van der Waals surface area (Å²) >= 11 is 19.6. The number of benzene rings is 2. The lowest BCUT2D eigenvalue weighted by Gasteiger charge is -2.22. The number of hydrogen-bond acceptors (Lipinski definition) is 2. The summed E-state index contributed by atoms with van der Waals surface area (Å²) in [6.07, 6.45) is 0. The molecule has 0 aromatic heterocycles. The molecule has 2 aromatic rings. The summed E-state index contributed by atoms with van der Waals surface area (Å²) < 4.78 is 12.1. The molecule has 0 radical (unpaired) electrons. The Hall–Kier alpha value is -0.420. The Kier molecular flexibility index (Phi) is 4.69. The fraction of sp³-hybridized carbons (Fsp3) is 0.200. The average molecular weight is 453 g/mol. The molecule has 1 unspecified atom stereocenters. The van der Waals surface area contributed by atoms with Crippen molar-refractivity contribution >= 4 is 55.1 Å². The molecule has 1 aliphatic heterocycles. The quantitative estimate of drug-likeness (QED) is 0.519. The van der Waals surface area contributed by atoms with Crippen molar-refractivity contribution in [3.05, 3.63) is 56.0 Å². The Balaban J connectivity index is 2.03. The van der Waals surface area contributed by atoms with Crippen LogP contribution >= 0.6 is 55.1 Å². The van der Waals surface area contributed by atoms with Gasteiger partial charge in [-0.25, -0.2) is 0 Å². The van der Waals surface area contributed by atoms with Crippen molar-refractivity contribution in [3.8, 4) is 11.5 Å². The molecule has 0 N–H and O–H groups in total. The average Bonchev–Trinajstić information content (AvgIpc) is 2.46. The fourth-order valence-corrected chi connectivity index (χ4v) is 4.54. The van der Waals surface area contributed by atoms with Gasteiger partial charge in [0.05, 0.1) is 4.83 Å². The number of fused-ring (bicyclic) bond motifs is 1. The third-order valence-corrected chi connectivity index (χ3v) is 5.41. The van der Waals surface area contributed by atoms with Gasteiger partial charge in [0, 0.05) is 20.6 Å². The number of alkyl halides is 1. The first-order chi connectivity index (χ1) is 10.1. The third kappa shape index (κ3) is 3.19. The lowest BCUT2D eigenvalue weighted by Crippen LogP contribution is -2.15. The minimum atomic E-state index is -0.0764. The number of ether oxygens (including phenoxy) is 2. The Morgan fingerprint density at radius 2 is 1.62 bits per heavy atom. The molecule has 3 rings (SSSR count). The standard InChI is InChI=1S/C15H10Br2Cl2O2/c16-11-5-8(18)1-2-9(11)15(17)10-6-13-14(7-12(10)19)21-4-3-20-13/h1-2,5-7,15H,3-4H2. The van der Waals surface area contributed by atoms with Gasteiger partial charge in [-0.15, -0.1) is 0 Å². The first-order valence-corrected chi connectivity index (χ1v) is 8.71. The predicted octanol–water partition coefficient (Wildman–Crippen LogP) is 6.01. The molecule has 2 aromatic carbocycles. The highest BCUT2D eigenvalue weighted by molar-refractivity contribution is 9.11. The van der Waals surface area contributed by atoms with Gasteiger partial charge < -0.3 is 9.47 Å². The Morgan fingerprint density at radius 3 is 2.29 bits per heavy atom. The van der Waals surface area contributed by atoms with Crippen LogP contribution in [-0.4, -0.2) is 13.2 Å². The molecule has 0 amide bonds. The second-order valence-corrected chi connectivity index (χ2v) is 7.16. The van der Waals surface area contributed by atoms with E-state index in [1.54, 1.807) is 6.07 Å². The van der Waals surface area contributed by atoms with Gasteiger partial charge in [0.1, 0.15) is 13.2 Å². The summed E-state index contributed by atoms with van der Waals surface area (Å²) in [5.74, 6) is 1.40. The smallest absolute Gasteiger partial charge is 0.162 e. The maximum Gasteiger partial charge on any atom is 0.162 e. The molecule has 0 saturated heterocycles. The molecule has 21 heavy (non-hydrogen) atoms. The largest absolute Gasteiger partial charge is 0.486 e. The van der Waals surface area contributed by atoms with Gasteiger partial charge in [-0.1, -0.05) is 61.1 Å². The fourth-order valence-electron chi connectivity index (χ4n) is 2.15. The van der Waals surface area contributed by atoms with Crippen molar-refractivity contribution in [3.63, 3.8) is 0 Å². The molecule has 1 atom stereocenters. The summed E-state index contributed by atoms with van der Waals surface area (Å²) in [5.41, 5.74) is 1.96. The molecule has 0 spiro atoms. The van der Waals surface area contributed by atoms with Crippen LogP contribution in [0.2, 0.25) is 10.0 Å². The molecule has 1 heterocycles. The molecule has 0 saturated carbocycles. The highest BCUT2D eigenvalue weighted by Gasteiger charge is 2.21. The highest BCUT2D eigenvalue weighted by Crippen LogP contribution is 2.44. The van der Waals surface area contributed by atoms with Crippen LogP contribution < -0.4 is 9.47 Å². The number of hydrogen-bond donors (Lipinski definition) is 0. The van der Waals surface area contributed by atoms with E-state index in [9.17, 15) is 0 Å². The highest BCUT2D eigenvalue weighted by atomic mass is 79.9. The molecule has 0 fully saturated rings. The zero-order chi connectivity index (χ0) is 15.0. The maximum atomic E-state index is 6.38. The second-order valence-electron chi connectivity index (χ2n) is 4.55. The second kappa shape index (κ2) is 6.37. The zero-order valence-electron chi connectivity index (χ0n) is 10.7. The van der Waals surface area contributed by atoms with Gasteiger partial charge in [-0.3, -0.25) is 0 Å². The van der Waals surface area contributed by atoms with Gasteiger partial charge in [0.2, 0.25) is 0 Å². The summed E-state index contributed by atoms with van der Waals surface area (Å²) in [5, 5.41) is 1.31. The zero-order valence-corrected chi connectivity index (χ0v) is 15.4. The van der Waals surface area contributed by atoms with Crippen molar-refractivity contribution in [2.45, 2.75) is 4.83 Å². The Morgan fingerprint density at radius 1 is 0.952 bits per heavy atom. The first-order valence-electron chi connectivity index (χ1n) is 6.24. The van der Waals surface area contributed by atoms with Gasteiger partial charge in [0.25, 0.3) is 0 Å². The van der Waals surface area contributed by atoms with E-state index in [-0.39, 0.29) is 4.83 Å². The maximum absolute atomic E-state index is 6.38. The predicted molar refractivity (Wildman–Crippen MR) is 92.4 cm³/mol. The van der Waals surface area contributed by atoms with Crippen LogP contribution in [0.25, 0.3) is 0 Å². The molecule has 110 valence electrons. The topological polar surface area (TPSA) is 18.5 Å². The van der Waals surface area contributed by atoms with Crippen molar-refractivity contribution < 1.29 is 9.47 Å². The summed E-state index contributed by atoms with van der Waals surface area (Å²) in [6, 6.07) is 9.37. The van der Waals surface area contributed by atoms with Crippen LogP contribution in [0, 0.1) is 0 Å². The number of halogens is 4. The molecular formula is C15H10Br2Cl2O2. The molecule has 0 bridgehead atoms. The van der Waals surface area contributed by atoms with Gasteiger partial charge in [-0.2, -0.15) is 0 Å². The van der Waals surface area contributed by atoms with E-state index in [0.29, 0.717) is 29.0 Å². The summed E-state index contributed by atoms with van der Waals surface area (Å²) in [4.78, 5) is -0.0764. The van der Waals surface area contributed by atoms with Crippen LogP contribution in [0.1, 0.15) is 16.0 Å². The summed E-state index contributed by atoms with van der Waals surface area (Å²) in [7, 11) is 0. The molecule has 0 aliphatic carbocycles. The van der Waals surface area contributed by atoms with Gasteiger partial charge in [0.15, 0.2) is 11.5 Å². The van der Waals surface area contributed by atoms with Crippen molar-refractivity contribution in [1.82, 2.24) is 0 Å². The van der Waals surface area contributed by atoms with E-state index in [1.807, 2.05) is 24.3 Å². The normalized spacial score (nSPS) is 14.9. The van der Waals surface area contributed by atoms with E-state index in [4.69, 9.17) is 32.7 Å². The van der Waals surface area contributed by atoms with E-state index >= 15 is 0 Å².